The molecule has 0 unspecified atom stereocenters. The highest BCUT2D eigenvalue weighted by atomic mass is 16.6. The molecule has 23 heavy (non-hydrogen) atoms. The summed E-state index contributed by atoms with van der Waals surface area (Å²) in [6.45, 7) is 0. The Morgan fingerprint density at radius 2 is 1.91 bits per heavy atom. The lowest BCUT2D eigenvalue weighted by atomic mass is 9.79. The summed E-state index contributed by atoms with van der Waals surface area (Å²) < 4.78 is 5.42. The number of hydrogen-bond acceptors (Lipinski definition) is 3. The van der Waals surface area contributed by atoms with Gasteiger partial charge in [0.25, 0.3) is 0 Å². The van der Waals surface area contributed by atoms with Crippen LogP contribution in [0.3, 0.4) is 0 Å². The topological polar surface area (TPSA) is 55.4 Å². The third kappa shape index (κ3) is 1.78. The largest absolute Gasteiger partial charge is 0.462 e. The van der Waals surface area contributed by atoms with Crippen LogP contribution in [0, 0.1) is 23.7 Å². The van der Waals surface area contributed by atoms with Gasteiger partial charge in [0.1, 0.15) is 6.10 Å². The fraction of sp³-hybridized carbons (Fsp3) is 0.368. The van der Waals surface area contributed by atoms with Crippen LogP contribution < -0.4 is 5.32 Å². The standard InChI is InChI=1S/C19H17NO3/c21-18(16-11-8-13-15(9-11)23-19(22)17(13)16)20-14-7-3-5-10-4-1-2-6-12(10)14/h1-7,11,13,15-17H,8-9H2,(H,20,21)/t11-,13+,15-,16-,17+/m1/s1. The number of amides is 1. The molecule has 0 radical (unpaired) electrons. The molecular formula is C19H17NO3. The smallest absolute Gasteiger partial charge is 0.310 e. The van der Waals surface area contributed by atoms with Gasteiger partial charge in [0.15, 0.2) is 0 Å². The fourth-order valence-corrected chi connectivity index (χ4v) is 4.91. The van der Waals surface area contributed by atoms with E-state index in [2.05, 4.69) is 5.32 Å². The molecule has 2 aromatic rings. The van der Waals surface area contributed by atoms with Crippen LogP contribution in [0.25, 0.3) is 10.8 Å². The Morgan fingerprint density at radius 3 is 2.83 bits per heavy atom. The third-order valence-electron chi connectivity index (χ3n) is 5.83. The molecule has 1 N–H and O–H groups in total. The Hall–Kier alpha value is -2.36. The molecule has 0 aromatic heterocycles. The Morgan fingerprint density at radius 1 is 1.09 bits per heavy atom. The lowest BCUT2D eigenvalue weighted by molar-refractivity contribution is -0.145. The molecule has 4 nitrogen and oxygen atoms in total. The number of rotatable bonds is 2. The van der Waals surface area contributed by atoms with Crippen LogP contribution in [-0.2, 0) is 14.3 Å². The van der Waals surface area contributed by atoms with Crippen LogP contribution in [0.5, 0.6) is 0 Å². The van der Waals surface area contributed by atoms with Crippen molar-refractivity contribution < 1.29 is 14.3 Å². The maximum absolute atomic E-state index is 12.9. The summed E-state index contributed by atoms with van der Waals surface area (Å²) in [5.74, 6) is -0.111. The highest BCUT2D eigenvalue weighted by Crippen LogP contribution is 2.57. The van der Waals surface area contributed by atoms with Crippen molar-refractivity contribution in [2.45, 2.75) is 18.9 Å². The minimum absolute atomic E-state index is 0.0313. The van der Waals surface area contributed by atoms with Crippen molar-refractivity contribution in [3.05, 3.63) is 42.5 Å². The lowest BCUT2D eigenvalue weighted by Gasteiger charge is -2.23. The van der Waals surface area contributed by atoms with Crippen LogP contribution in [0.4, 0.5) is 5.69 Å². The number of ether oxygens (including phenoxy) is 1. The zero-order chi connectivity index (χ0) is 15.6. The summed E-state index contributed by atoms with van der Waals surface area (Å²) in [5, 5.41) is 5.19. The van der Waals surface area contributed by atoms with Crippen LogP contribution >= 0.6 is 0 Å². The molecule has 5 atom stereocenters. The van der Waals surface area contributed by atoms with E-state index in [-0.39, 0.29) is 41.7 Å². The minimum Gasteiger partial charge on any atom is -0.462 e. The Kier molecular flexibility index (Phi) is 2.61. The molecule has 1 aliphatic heterocycles. The Bertz CT molecular complexity index is 823. The average molecular weight is 307 g/mol. The number of fused-ring (bicyclic) bond motifs is 2. The van der Waals surface area contributed by atoms with Gasteiger partial charge in [-0.1, -0.05) is 36.4 Å². The van der Waals surface area contributed by atoms with E-state index in [1.54, 1.807) is 0 Å². The molecule has 2 saturated carbocycles. The van der Waals surface area contributed by atoms with E-state index < -0.39 is 0 Å². The van der Waals surface area contributed by atoms with Gasteiger partial charge in [0.2, 0.25) is 5.91 Å². The van der Waals surface area contributed by atoms with Gasteiger partial charge < -0.3 is 10.1 Å². The van der Waals surface area contributed by atoms with Crippen molar-refractivity contribution in [1.29, 1.82) is 0 Å². The van der Waals surface area contributed by atoms with Crippen LogP contribution in [0.1, 0.15) is 12.8 Å². The summed E-state index contributed by atoms with van der Waals surface area (Å²) in [6.07, 6.45) is 1.87. The number of esters is 1. The van der Waals surface area contributed by atoms with E-state index in [1.807, 2.05) is 42.5 Å². The molecule has 2 aromatic carbocycles. The number of nitrogens with one attached hydrogen (secondary N) is 1. The van der Waals surface area contributed by atoms with E-state index in [1.165, 1.54) is 0 Å². The molecule has 1 amide bonds. The zero-order valence-electron chi connectivity index (χ0n) is 12.6. The number of anilines is 1. The number of carbonyl (C=O) groups is 2. The minimum atomic E-state index is -0.231. The molecule has 1 saturated heterocycles. The number of hydrogen-bond donors (Lipinski definition) is 1. The van der Waals surface area contributed by atoms with E-state index in [4.69, 9.17) is 4.74 Å². The van der Waals surface area contributed by atoms with Crippen LogP contribution in [0.15, 0.2) is 42.5 Å². The molecular weight excluding hydrogens is 290 g/mol. The van der Waals surface area contributed by atoms with E-state index in [9.17, 15) is 9.59 Å². The molecule has 1 heterocycles. The SMILES string of the molecule is O=C(Nc1cccc2ccccc12)[C@@H]1[C@@H]2C[C@@H]3[C@@H]1C(=O)O[C@@H]3C2. The van der Waals surface area contributed by atoms with Gasteiger partial charge in [0.05, 0.1) is 11.8 Å². The van der Waals surface area contributed by atoms with Gasteiger partial charge in [-0.3, -0.25) is 9.59 Å². The predicted octanol–water partition coefficient (Wildman–Crippen LogP) is 2.98. The van der Waals surface area contributed by atoms with Gasteiger partial charge in [0, 0.05) is 17.0 Å². The monoisotopic (exact) mass is 307 g/mol. The third-order valence-corrected chi connectivity index (χ3v) is 5.83. The number of carbonyl (C=O) groups excluding carboxylic acids is 2. The van der Waals surface area contributed by atoms with Gasteiger partial charge in [-0.15, -0.1) is 0 Å². The quantitative estimate of drug-likeness (QED) is 0.868. The second-order valence-corrected chi connectivity index (χ2v) is 6.94. The fourth-order valence-electron chi connectivity index (χ4n) is 4.91. The van der Waals surface area contributed by atoms with E-state index in [0.29, 0.717) is 0 Å². The highest BCUT2D eigenvalue weighted by molar-refractivity contribution is 6.04. The van der Waals surface area contributed by atoms with Crippen molar-refractivity contribution in [2.75, 3.05) is 5.32 Å². The highest BCUT2D eigenvalue weighted by Gasteiger charge is 2.63. The Labute approximate surface area is 133 Å². The molecule has 2 aliphatic carbocycles. The zero-order valence-corrected chi connectivity index (χ0v) is 12.6. The maximum Gasteiger partial charge on any atom is 0.310 e. The van der Waals surface area contributed by atoms with E-state index in [0.717, 1.165) is 29.3 Å². The molecule has 0 spiro atoms. The van der Waals surface area contributed by atoms with Crippen molar-refractivity contribution in [3.8, 4) is 0 Å². The van der Waals surface area contributed by atoms with Crippen molar-refractivity contribution >= 4 is 28.3 Å². The Balaban J connectivity index is 1.47. The van der Waals surface area contributed by atoms with Gasteiger partial charge in [-0.25, -0.2) is 0 Å². The van der Waals surface area contributed by atoms with Gasteiger partial charge in [-0.05, 0) is 30.2 Å². The van der Waals surface area contributed by atoms with Gasteiger partial charge >= 0.3 is 5.97 Å². The first-order chi connectivity index (χ1) is 11.2. The maximum atomic E-state index is 12.9. The number of benzene rings is 2. The van der Waals surface area contributed by atoms with Crippen LogP contribution in [0.2, 0.25) is 0 Å². The molecule has 3 fully saturated rings. The summed E-state index contributed by atoms with van der Waals surface area (Å²) in [4.78, 5) is 24.9. The summed E-state index contributed by atoms with van der Waals surface area (Å²) in [7, 11) is 0. The van der Waals surface area contributed by atoms with E-state index >= 15 is 0 Å². The summed E-state index contributed by atoms with van der Waals surface area (Å²) >= 11 is 0. The summed E-state index contributed by atoms with van der Waals surface area (Å²) in [5.41, 5.74) is 0.818. The first-order valence-corrected chi connectivity index (χ1v) is 8.21. The molecule has 2 bridgehead atoms. The second kappa shape index (κ2) is 4.57. The molecule has 5 rings (SSSR count). The van der Waals surface area contributed by atoms with Crippen molar-refractivity contribution in [3.63, 3.8) is 0 Å². The lowest BCUT2D eigenvalue weighted by Crippen LogP contribution is -2.35. The predicted molar refractivity (Wildman–Crippen MR) is 85.7 cm³/mol. The second-order valence-electron chi connectivity index (χ2n) is 6.94. The molecule has 4 heteroatoms. The molecule has 3 aliphatic rings. The van der Waals surface area contributed by atoms with Crippen molar-refractivity contribution in [1.82, 2.24) is 0 Å². The van der Waals surface area contributed by atoms with Crippen molar-refractivity contribution in [2.24, 2.45) is 23.7 Å². The average Bonchev–Trinajstić information content (AvgIpc) is 3.17. The van der Waals surface area contributed by atoms with Gasteiger partial charge in [-0.2, -0.15) is 0 Å². The summed E-state index contributed by atoms with van der Waals surface area (Å²) in [6, 6.07) is 13.9. The molecule has 116 valence electrons. The first-order valence-electron chi connectivity index (χ1n) is 8.21. The first kappa shape index (κ1) is 13.1. The van der Waals surface area contributed by atoms with Crippen LogP contribution in [-0.4, -0.2) is 18.0 Å². The normalized spacial score (nSPS) is 33.9.